The summed E-state index contributed by atoms with van der Waals surface area (Å²) in [5.41, 5.74) is 7.95. The average molecular weight is 305 g/mol. The molecule has 0 aromatic heterocycles. The minimum absolute atomic E-state index is 0.0240. The van der Waals surface area contributed by atoms with Gasteiger partial charge in [0.15, 0.2) is 0 Å². The van der Waals surface area contributed by atoms with Gasteiger partial charge in [-0.3, -0.25) is 15.6 Å². The van der Waals surface area contributed by atoms with Crippen LogP contribution in [0.25, 0.3) is 0 Å². The second-order valence-electron chi connectivity index (χ2n) is 5.89. The second-order valence-corrected chi connectivity index (χ2v) is 5.89. The number of rotatable bonds is 4. The van der Waals surface area contributed by atoms with Gasteiger partial charge in [-0.15, -0.1) is 0 Å². The molecule has 3 rings (SSSR count). The molecule has 0 spiro atoms. The van der Waals surface area contributed by atoms with Crippen LogP contribution in [0.1, 0.15) is 34.7 Å². The number of hydrogen-bond donors (Lipinski definition) is 3. The molecule has 22 heavy (non-hydrogen) atoms. The molecular weight excluding hydrogens is 282 g/mol. The molecule has 6 nitrogen and oxygen atoms in total. The fourth-order valence-corrected chi connectivity index (χ4v) is 3.32. The van der Waals surface area contributed by atoms with Gasteiger partial charge in [0.2, 0.25) is 0 Å². The lowest BCUT2D eigenvalue weighted by molar-refractivity contribution is 0.0677. The molecule has 2 aliphatic heterocycles. The number of nitrogens with one attached hydrogen (secondary N) is 2. The Balaban J connectivity index is 1.83. The zero-order valence-corrected chi connectivity index (χ0v) is 12.8. The Morgan fingerprint density at radius 1 is 1.41 bits per heavy atom. The van der Waals surface area contributed by atoms with Crippen molar-refractivity contribution in [2.75, 3.05) is 33.4 Å². The van der Waals surface area contributed by atoms with Gasteiger partial charge in [-0.05, 0) is 30.5 Å². The normalized spacial score (nSPS) is 22.3. The van der Waals surface area contributed by atoms with Crippen LogP contribution in [0, 0.1) is 0 Å². The molecule has 2 aliphatic rings. The third-order valence-corrected chi connectivity index (χ3v) is 4.59. The van der Waals surface area contributed by atoms with Crippen LogP contribution in [-0.4, -0.2) is 55.3 Å². The summed E-state index contributed by atoms with van der Waals surface area (Å²) in [6, 6.07) is 5.62. The van der Waals surface area contributed by atoms with Crippen LogP contribution in [0.5, 0.6) is 5.75 Å². The minimum atomic E-state index is -0.0543. The van der Waals surface area contributed by atoms with E-state index in [1.54, 1.807) is 12.0 Å². The first-order valence-electron chi connectivity index (χ1n) is 7.80. The van der Waals surface area contributed by atoms with Crippen LogP contribution >= 0.6 is 0 Å². The number of likely N-dealkylation sites (tertiary alicyclic amines) is 1. The van der Waals surface area contributed by atoms with Gasteiger partial charge in [-0.2, -0.15) is 0 Å². The van der Waals surface area contributed by atoms with Crippen molar-refractivity contribution >= 4 is 5.91 Å². The van der Waals surface area contributed by atoms with Crippen molar-refractivity contribution in [2.24, 2.45) is 0 Å². The Morgan fingerprint density at radius 3 is 2.86 bits per heavy atom. The first-order valence-corrected chi connectivity index (χ1v) is 7.80. The topological polar surface area (TPSA) is 73.8 Å². The Hall–Kier alpha value is -1.63. The molecule has 1 amide bonds. The molecule has 0 radical (unpaired) electrons. The summed E-state index contributed by atoms with van der Waals surface area (Å²) in [7, 11) is 1.63. The van der Waals surface area contributed by atoms with Crippen LogP contribution in [0.3, 0.4) is 0 Å². The van der Waals surface area contributed by atoms with E-state index in [1.807, 2.05) is 18.2 Å². The molecular formula is C16H23N3O3. The Labute approximate surface area is 130 Å². The van der Waals surface area contributed by atoms with Crippen molar-refractivity contribution in [3.05, 3.63) is 29.3 Å². The van der Waals surface area contributed by atoms with Gasteiger partial charge in [0.05, 0.1) is 19.8 Å². The van der Waals surface area contributed by atoms with E-state index in [9.17, 15) is 9.90 Å². The Morgan fingerprint density at radius 2 is 2.18 bits per heavy atom. The summed E-state index contributed by atoms with van der Waals surface area (Å²) in [4.78, 5) is 14.4. The maximum Gasteiger partial charge on any atom is 0.254 e. The quantitative estimate of drug-likeness (QED) is 0.755. The van der Waals surface area contributed by atoms with E-state index in [2.05, 4.69) is 10.9 Å². The number of hydrogen-bond acceptors (Lipinski definition) is 5. The number of hydrazine groups is 1. The second kappa shape index (κ2) is 6.64. The van der Waals surface area contributed by atoms with E-state index in [0.29, 0.717) is 18.0 Å². The number of amides is 1. The molecule has 0 aliphatic carbocycles. The van der Waals surface area contributed by atoms with Crippen LogP contribution in [-0.2, 0) is 0 Å². The Kier molecular flexibility index (Phi) is 4.61. The van der Waals surface area contributed by atoms with Gasteiger partial charge >= 0.3 is 0 Å². The maximum absolute atomic E-state index is 12.7. The fourth-order valence-electron chi connectivity index (χ4n) is 3.32. The van der Waals surface area contributed by atoms with E-state index in [-0.39, 0.29) is 18.6 Å². The largest absolute Gasteiger partial charge is 0.496 e. The fraction of sp³-hybridized carbons (Fsp3) is 0.562. The number of nitrogens with zero attached hydrogens (tertiary/aromatic N) is 1. The SMILES string of the molecule is COc1cc(C(=O)N2CCC[C@H]2CO)ccc1C1CNNC1. The highest BCUT2D eigenvalue weighted by Gasteiger charge is 2.29. The molecule has 2 saturated heterocycles. The van der Waals surface area contributed by atoms with Gasteiger partial charge < -0.3 is 14.7 Å². The van der Waals surface area contributed by atoms with Crippen molar-refractivity contribution in [2.45, 2.75) is 24.8 Å². The molecule has 1 aromatic carbocycles. The predicted octanol–water partition coefficient (Wildman–Crippen LogP) is 0.484. The molecule has 120 valence electrons. The van der Waals surface area contributed by atoms with E-state index >= 15 is 0 Å². The average Bonchev–Trinajstić information content (AvgIpc) is 3.24. The van der Waals surface area contributed by atoms with Gasteiger partial charge in [0, 0.05) is 31.1 Å². The van der Waals surface area contributed by atoms with Crippen LogP contribution in [0.2, 0.25) is 0 Å². The Bertz CT molecular complexity index is 543. The lowest BCUT2D eigenvalue weighted by Crippen LogP contribution is -2.37. The van der Waals surface area contributed by atoms with Crippen molar-refractivity contribution in [3.63, 3.8) is 0 Å². The molecule has 0 bridgehead atoms. The summed E-state index contributed by atoms with van der Waals surface area (Å²) in [6.45, 7) is 2.44. The third-order valence-electron chi connectivity index (χ3n) is 4.59. The number of methoxy groups -OCH3 is 1. The summed E-state index contributed by atoms with van der Waals surface area (Å²) >= 11 is 0. The zero-order chi connectivity index (χ0) is 15.5. The molecule has 6 heteroatoms. The smallest absolute Gasteiger partial charge is 0.254 e. The van der Waals surface area contributed by atoms with Gasteiger partial charge in [-0.25, -0.2) is 0 Å². The summed E-state index contributed by atoms with van der Waals surface area (Å²) < 4.78 is 5.49. The first kappa shape index (κ1) is 15.3. The summed E-state index contributed by atoms with van der Waals surface area (Å²) in [5.74, 6) is 1.07. The standard InChI is InChI=1S/C16H23N3O3/c1-22-15-7-11(4-5-14(15)12-8-17-18-9-12)16(21)19-6-2-3-13(19)10-20/h4-5,7,12-13,17-18,20H,2-3,6,8-10H2,1H3/t13-/m0/s1. The molecule has 2 heterocycles. The van der Waals surface area contributed by atoms with E-state index < -0.39 is 0 Å². The lowest BCUT2D eigenvalue weighted by atomic mass is 9.97. The predicted molar refractivity (Wildman–Crippen MR) is 82.9 cm³/mol. The number of aliphatic hydroxyl groups excluding tert-OH is 1. The van der Waals surface area contributed by atoms with Gasteiger partial charge in [0.1, 0.15) is 5.75 Å². The first-order chi connectivity index (χ1) is 10.7. The molecule has 2 fully saturated rings. The monoisotopic (exact) mass is 305 g/mol. The minimum Gasteiger partial charge on any atom is -0.496 e. The summed E-state index contributed by atoms with van der Waals surface area (Å²) in [6.07, 6.45) is 1.82. The lowest BCUT2D eigenvalue weighted by Gasteiger charge is -2.23. The van der Waals surface area contributed by atoms with E-state index in [0.717, 1.165) is 37.2 Å². The highest BCUT2D eigenvalue weighted by Crippen LogP contribution is 2.30. The van der Waals surface area contributed by atoms with Crippen LogP contribution in [0.15, 0.2) is 18.2 Å². The van der Waals surface area contributed by atoms with Crippen molar-refractivity contribution in [1.29, 1.82) is 0 Å². The van der Waals surface area contributed by atoms with Crippen molar-refractivity contribution < 1.29 is 14.6 Å². The highest BCUT2D eigenvalue weighted by atomic mass is 16.5. The van der Waals surface area contributed by atoms with Crippen LogP contribution in [0.4, 0.5) is 0 Å². The number of carbonyl (C=O) groups is 1. The molecule has 1 aromatic rings. The van der Waals surface area contributed by atoms with Crippen LogP contribution < -0.4 is 15.6 Å². The maximum atomic E-state index is 12.7. The third kappa shape index (κ3) is 2.82. The van der Waals surface area contributed by atoms with Crippen molar-refractivity contribution in [3.8, 4) is 5.75 Å². The van der Waals surface area contributed by atoms with Gasteiger partial charge in [-0.1, -0.05) is 6.07 Å². The van der Waals surface area contributed by atoms with Gasteiger partial charge in [0.25, 0.3) is 5.91 Å². The molecule has 1 atom stereocenters. The zero-order valence-electron chi connectivity index (χ0n) is 12.8. The summed E-state index contributed by atoms with van der Waals surface area (Å²) in [5, 5.41) is 9.39. The molecule has 3 N–H and O–H groups in total. The highest BCUT2D eigenvalue weighted by molar-refractivity contribution is 5.95. The number of carbonyl (C=O) groups excluding carboxylic acids is 1. The van der Waals surface area contributed by atoms with E-state index in [1.165, 1.54) is 0 Å². The molecule has 0 saturated carbocycles. The van der Waals surface area contributed by atoms with Crippen molar-refractivity contribution in [1.82, 2.24) is 15.8 Å². The number of ether oxygens (including phenoxy) is 1. The number of aliphatic hydroxyl groups is 1. The molecule has 0 unspecified atom stereocenters. The number of benzene rings is 1. The van der Waals surface area contributed by atoms with E-state index in [4.69, 9.17) is 4.74 Å².